The molecule has 0 atom stereocenters. The zero-order valence-electron chi connectivity index (χ0n) is 9.16. The number of aryl methyl sites for hydroxylation is 2. The van der Waals surface area contributed by atoms with Crippen LogP contribution in [0.4, 0.5) is 0 Å². The fourth-order valence-electron chi connectivity index (χ4n) is 1.31. The van der Waals surface area contributed by atoms with Crippen LogP contribution in [-0.2, 0) is 6.54 Å². The van der Waals surface area contributed by atoms with Crippen molar-refractivity contribution in [3.8, 4) is 0 Å². The molecule has 0 unspecified atom stereocenters. The maximum absolute atomic E-state index is 11.7. The van der Waals surface area contributed by atoms with Crippen molar-refractivity contribution in [1.29, 1.82) is 0 Å². The van der Waals surface area contributed by atoms with Gasteiger partial charge in [0.25, 0.3) is 5.91 Å². The van der Waals surface area contributed by atoms with Gasteiger partial charge < -0.3 is 5.32 Å². The van der Waals surface area contributed by atoms with E-state index in [0.29, 0.717) is 12.2 Å². The number of rotatable bonds is 3. The molecule has 0 radical (unpaired) electrons. The Labute approximate surface area is 84.3 Å². The van der Waals surface area contributed by atoms with Crippen LogP contribution in [0, 0.1) is 6.92 Å². The molecule has 1 rings (SSSR count). The summed E-state index contributed by atoms with van der Waals surface area (Å²) in [5, 5.41) is 7.06. The molecule has 1 amide bonds. The summed E-state index contributed by atoms with van der Waals surface area (Å²) in [7, 11) is 0. The van der Waals surface area contributed by atoms with Gasteiger partial charge in [-0.1, -0.05) is 0 Å². The molecule has 14 heavy (non-hydrogen) atoms. The number of amides is 1. The van der Waals surface area contributed by atoms with Gasteiger partial charge in [-0.3, -0.25) is 9.48 Å². The van der Waals surface area contributed by atoms with Crippen LogP contribution >= 0.6 is 0 Å². The van der Waals surface area contributed by atoms with Crippen LogP contribution in [0.5, 0.6) is 0 Å². The van der Waals surface area contributed by atoms with E-state index in [1.54, 1.807) is 10.7 Å². The lowest BCUT2D eigenvalue weighted by molar-refractivity contribution is 0.0932. The van der Waals surface area contributed by atoms with E-state index in [1.807, 2.05) is 27.7 Å². The molecule has 1 aromatic heterocycles. The molecule has 1 heterocycles. The van der Waals surface area contributed by atoms with Crippen molar-refractivity contribution < 1.29 is 4.79 Å². The first-order chi connectivity index (χ1) is 6.54. The highest BCUT2D eigenvalue weighted by Crippen LogP contribution is 2.03. The average molecular weight is 195 g/mol. The summed E-state index contributed by atoms with van der Waals surface area (Å²) in [6.45, 7) is 8.46. The van der Waals surface area contributed by atoms with Crippen molar-refractivity contribution in [2.45, 2.75) is 40.3 Å². The van der Waals surface area contributed by atoms with E-state index in [1.165, 1.54) is 0 Å². The normalized spacial score (nSPS) is 10.6. The summed E-state index contributed by atoms with van der Waals surface area (Å²) >= 11 is 0. The predicted octanol–water partition coefficient (Wildman–Crippen LogP) is 1.35. The summed E-state index contributed by atoms with van der Waals surface area (Å²) in [6, 6.07) is 1.96. The zero-order valence-corrected chi connectivity index (χ0v) is 9.16. The molecule has 0 saturated heterocycles. The van der Waals surface area contributed by atoms with Crippen molar-refractivity contribution in [2.24, 2.45) is 0 Å². The van der Waals surface area contributed by atoms with Crippen molar-refractivity contribution in [3.63, 3.8) is 0 Å². The second kappa shape index (κ2) is 4.26. The highest BCUT2D eigenvalue weighted by molar-refractivity contribution is 5.92. The monoisotopic (exact) mass is 195 g/mol. The molecular weight excluding hydrogens is 178 g/mol. The summed E-state index contributed by atoms with van der Waals surface area (Å²) < 4.78 is 1.72. The lowest BCUT2D eigenvalue weighted by Crippen LogP contribution is -2.31. The predicted molar refractivity (Wildman–Crippen MR) is 55.2 cm³/mol. The Morgan fingerprint density at radius 2 is 2.29 bits per heavy atom. The van der Waals surface area contributed by atoms with Crippen LogP contribution in [0.25, 0.3) is 0 Å². The van der Waals surface area contributed by atoms with Crippen LogP contribution in [-0.4, -0.2) is 21.7 Å². The van der Waals surface area contributed by atoms with Gasteiger partial charge in [-0.25, -0.2) is 0 Å². The van der Waals surface area contributed by atoms with Gasteiger partial charge >= 0.3 is 0 Å². The molecule has 0 aliphatic heterocycles. The van der Waals surface area contributed by atoms with Crippen molar-refractivity contribution in [1.82, 2.24) is 15.1 Å². The van der Waals surface area contributed by atoms with E-state index in [0.717, 1.165) is 5.69 Å². The van der Waals surface area contributed by atoms with Crippen LogP contribution < -0.4 is 5.32 Å². The molecule has 4 heteroatoms. The first-order valence-corrected chi connectivity index (χ1v) is 4.90. The standard InChI is InChI=1S/C10H17N3O/c1-5-13-9(6-8(4)12-13)10(14)11-7(2)3/h6-7H,5H2,1-4H3,(H,11,14). The highest BCUT2D eigenvalue weighted by atomic mass is 16.2. The quantitative estimate of drug-likeness (QED) is 0.791. The first-order valence-electron chi connectivity index (χ1n) is 4.90. The van der Waals surface area contributed by atoms with Crippen LogP contribution in [0.3, 0.4) is 0 Å². The van der Waals surface area contributed by atoms with Crippen LogP contribution in [0.15, 0.2) is 6.07 Å². The number of hydrogen-bond donors (Lipinski definition) is 1. The second-order valence-corrected chi connectivity index (χ2v) is 3.61. The van der Waals surface area contributed by atoms with Crippen LogP contribution in [0.1, 0.15) is 37.0 Å². The van der Waals surface area contributed by atoms with Crippen molar-refractivity contribution >= 4 is 5.91 Å². The number of hydrogen-bond acceptors (Lipinski definition) is 2. The molecule has 0 bridgehead atoms. The lowest BCUT2D eigenvalue weighted by Gasteiger charge is -2.08. The summed E-state index contributed by atoms with van der Waals surface area (Å²) in [5.74, 6) is -0.0533. The Balaban J connectivity index is 2.88. The second-order valence-electron chi connectivity index (χ2n) is 3.61. The Hall–Kier alpha value is -1.32. The molecule has 0 spiro atoms. The fraction of sp³-hybridized carbons (Fsp3) is 0.600. The first kappa shape index (κ1) is 10.8. The molecule has 1 aromatic rings. The highest BCUT2D eigenvalue weighted by Gasteiger charge is 2.13. The van der Waals surface area contributed by atoms with Gasteiger partial charge in [0, 0.05) is 12.6 Å². The van der Waals surface area contributed by atoms with Gasteiger partial charge in [-0.15, -0.1) is 0 Å². The molecule has 0 aliphatic rings. The van der Waals surface area contributed by atoms with E-state index in [9.17, 15) is 4.79 Å². The average Bonchev–Trinajstić information content (AvgIpc) is 2.45. The van der Waals surface area contributed by atoms with E-state index in [4.69, 9.17) is 0 Å². The summed E-state index contributed by atoms with van der Waals surface area (Å²) in [4.78, 5) is 11.7. The lowest BCUT2D eigenvalue weighted by atomic mass is 10.3. The van der Waals surface area contributed by atoms with Crippen molar-refractivity contribution in [3.05, 3.63) is 17.5 Å². The summed E-state index contributed by atoms with van der Waals surface area (Å²) in [6.07, 6.45) is 0. The molecule has 0 fully saturated rings. The molecule has 0 aliphatic carbocycles. The molecule has 78 valence electrons. The third-order valence-electron chi connectivity index (χ3n) is 1.85. The Kier molecular flexibility index (Phi) is 3.28. The number of aromatic nitrogens is 2. The third-order valence-corrected chi connectivity index (χ3v) is 1.85. The SMILES string of the molecule is CCn1nc(C)cc1C(=O)NC(C)C. The van der Waals surface area contributed by atoms with E-state index >= 15 is 0 Å². The van der Waals surface area contributed by atoms with Gasteiger partial charge in [-0.05, 0) is 33.8 Å². The summed E-state index contributed by atoms with van der Waals surface area (Å²) in [5.41, 5.74) is 1.51. The van der Waals surface area contributed by atoms with Crippen molar-refractivity contribution in [2.75, 3.05) is 0 Å². The van der Waals surface area contributed by atoms with E-state index < -0.39 is 0 Å². The van der Waals surface area contributed by atoms with E-state index in [2.05, 4.69) is 10.4 Å². The van der Waals surface area contributed by atoms with Gasteiger partial charge in [0.15, 0.2) is 0 Å². The smallest absolute Gasteiger partial charge is 0.269 e. The largest absolute Gasteiger partial charge is 0.349 e. The molecule has 4 nitrogen and oxygen atoms in total. The fourth-order valence-corrected chi connectivity index (χ4v) is 1.31. The number of nitrogens with one attached hydrogen (secondary N) is 1. The molecule has 0 aromatic carbocycles. The molecule has 1 N–H and O–H groups in total. The van der Waals surface area contributed by atoms with Gasteiger partial charge in [0.2, 0.25) is 0 Å². The number of carbonyl (C=O) groups is 1. The third kappa shape index (κ3) is 2.34. The van der Waals surface area contributed by atoms with E-state index in [-0.39, 0.29) is 11.9 Å². The maximum atomic E-state index is 11.7. The van der Waals surface area contributed by atoms with Crippen LogP contribution in [0.2, 0.25) is 0 Å². The minimum atomic E-state index is -0.0533. The number of nitrogens with zero attached hydrogens (tertiary/aromatic N) is 2. The van der Waals surface area contributed by atoms with Gasteiger partial charge in [0.1, 0.15) is 5.69 Å². The Morgan fingerprint density at radius 1 is 1.64 bits per heavy atom. The molecular formula is C10H17N3O. The zero-order chi connectivity index (χ0) is 10.7. The Bertz CT molecular complexity index is 328. The Morgan fingerprint density at radius 3 is 2.79 bits per heavy atom. The topological polar surface area (TPSA) is 46.9 Å². The van der Waals surface area contributed by atoms with Gasteiger partial charge in [-0.2, -0.15) is 5.10 Å². The molecule has 0 saturated carbocycles. The maximum Gasteiger partial charge on any atom is 0.269 e. The minimum absolute atomic E-state index is 0.0533. The number of carbonyl (C=O) groups excluding carboxylic acids is 1. The van der Waals surface area contributed by atoms with Gasteiger partial charge in [0.05, 0.1) is 5.69 Å². The minimum Gasteiger partial charge on any atom is -0.349 e.